The van der Waals surface area contributed by atoms with Crippen LogP contribution in [0.2, 0.25) is 0 Å². The minimum Gasteiger partial charge on any atom is -0.398 e. The largest absolute Gasteiger partial charge is 0.398 e. The molecule has 4 rings (SSSR count). The molecular formula is C26H24N3O4PS. The molecule has 1 atom stereocenters. The van der Waals surface area contributed by atoms with Crippen molar-refractivity contribution in [1.29, 1.82) is 0 Å². The molecule has 178 valence electrons. The molecule has 35 heavy (non-hydrogen) atoms. The van der Waals surface area contributed by atoms with Gasteiger partial charge >= 0.3 is 0 Å². The zero-order valence-electron chi connectivity index (χ0n) is 18.7. The normalized spacial score (nSPS) is 12.6. The number of thiophene rings is 1. The van der Waals surface area contributed by atoms with Gasteiger partial charge in [0.2, 0.25) is 7.37 Å². The Hall–Kier alpha value is -3.71. The second-order valence-electron chi connectivity index (χ2n) is 7.78. The van der Waals surface area contributed by atoms with E-state index in [4.69, 9.17) is 16.0 Å². The molecule has 1 unspecified atom stereocenters. The topological polar surface area (TPSA) is 125 Å². The smallest absolute Gasteiger partial charge is 0.255 e. The van der Waals surface area contributed by atoms with Gasteiger partial charge in [-0.05, 0) is 59.0 Å². The fourth-order valence-corrected chi connectivity index (χ4v) is 6.50. The van der Waals surface area contributed by atoms with Crippen LogP contribution in [0.5, 0.6) is 0 Å². The Morgan fingerprint density at radius 2 is 1.74 bits per heavy atom. The van der Waals surface area contributed by atoms with Crippen molar-refractivity contribution in [2.24, 2.45) is 0 Å². The Balaban J connectivity index is 1.52. The molecule has 0 aliphatic heterocycles. The predicted molar refractivity (Wildman–Crippen MR) is 142 cm³/mol. The number of hydrogen-bond donors (Lipinski definition) is 3. The van der Waals surface area contributed by atoms with Crippen molar-refractivity contribution in [2.75, 3.05) is 23.4 Å². The number of aldehydes is 1. The number of carbonyl (C=O) groups is 2. The summed E-state index contributed by atoms with van der Waals surface area (Å²) in [7, 11) is -3.45. The van der Waals surface area contributed by atoms with Gasteiger partial charge < -0.3 is 26.1 Å². The zero-order valence-corrected chi connectivity index (χ0v) is 20.4. The van der Waals surface area contributed by atoms with Crippen molar-refractivity contribution in [3.63, 3.8) is 0 Å². The van der Waals surface area contributed by atoms with Gasteiger partial charge in [-0.15, -0.1) is 11.3 Å². The number of amides is 1. The first-order valence-corrected chi connectivity index (χ1v) is 13.4. The van der Waals surface area contributed by atoms with E-state index in [1.54, 1.807) is 65.9 Å². The Morgan fingerprint density at radius 3 is 2.43 bits per heavy atom. The van der Waals surface area contributed by atoms with Gasteiger partial charge in [0.15, 0.2) is 0 Å². The lowest BCUT2D eigenvalue weighted by Crippen LogP contribution is -2.15. The summed E-state index contributed by atoms with van der Waals surface area (Å²) < 4.78 is 19.1. The number of hydrogen-bond acceptors (Lipinski definition) is 7. The van der Waals surface area contributed by atoms with Gasteiger partial charge in [0.05, 0.1) is 22.8 Å². The maximum absolute atomic E-state index is 13.6. The molecule has 0 radical (unpaired) electrons. The number of nitrogens with one attached hydrogen (secondary N) is 1. The van der Waals surface area contributed by atoms with E-state index in [-0.39, 0.29) is 18.7 Å². The van der Waals surface area contributed by atoms with E-state index in [9.17, 15) is 14.2 Å². The van der Waals surface area contributed by atoms with Gasteiger partial charge in [-0.25, -0.2) is 0 Å². The standard InChI is InChI=1S/C26H24N3O4PS/c27-21-12-11-20(25-6-3-15-35-25)16-23(21)29-26(31)19-9-7-18(8-10-19)17-34(32,33-14-13-30)24-5-2-1-4-22(24)28/h1-13,15-16H,14,17,27-28H2,(H,29,31). The number of rotatable bonds is 9. The molecule has 0 aliphatic rings. The van der Waals surface area contributed by atoms with Crippen LogP contribution in [0.15, 0.2) is 84.2 Å². The van der Waals surface area contributed by atoms with Crippen LogP contribution < -0.4 is 22.1 Å². The van der Waals surface area contributed by atoms with E-state index in [2.05, 4.69) is 5.32 Å². The first kappa shape index (κ1) is 24.4. The first-order valence-electron chi connectivity index (χ1n) is 10.8. The quantitative estimate of drug-likeness (QED) is 0.164. The molecule has 9 heteroatoms. The third-order valence-electron chi connectivity index (χ3n) is 5.37. The van der Waals surface area contributed by atoms with Crippen molar-refractivity contribution in [3.05, 3.63) is 95.4 Å². The minimum absolute atomic E-state index is 0.0345. The molecule has 0 saturated carbocycles. The van der Waals surface area contributed by atoms with Gasteiger partial charge in [-0.2, -0.15) is 0 Å². The van der Waals surface area contributed by atoms with Gasteiger partial charge in [-0.1, -0.05) is 36.4 Å². The third kappa shape index (κ3) is 5.69. The van der Waals surface area contributed by atoms with E-state index < -0.39 is 7.37 Å². The Kier molecular flexibility index (Phi) is 7.46. The maximum atomic E-state index is 13.6. The molecule has 0 bridgehead atoms. The molecule has 3 aromatic carbocycles. The third-order valence-corrected chi connectivity index (χ3v) is 8.78. The van der Waals surface area contributed by atoms with Crippen LogP contribution in [0.4, 0.5) is 17.1 Å². The second kappa shape index (κ2) is 10.7. The molecule has 0 fully saturated rings. The minimum atomic E-state index is -3.45. The number of nitrogens with two attached hydrogens (primary N) is 2. The lowest BCUT2D eigenvalue weighted by atomic mass is 10.1. The molecule has 0 saturated heterocycles. The van der Waals surface area contributed by atoms with Crippen LogP contribution in [0.1, 0.15) is 15.9 Å². The summed E-state index contributed by atoms with van der Waals surface area (Å²) >= 11 is 1.60. The van der Waals surface area contributed by atoms with Crippen LogP contribution in [0.25, 0.3) is 10.4 Å². The summed E-state index contributed by atoms with van der Waals surface area (Å²) in [6.45, 7) is -0.307. The number of benzene rings is 3. The SMILES string of the molecule is Nc1ccc(-c2cccs2)cc1NC(=O)c1ccc(CP(=O)(OCC=O)c2ccccc2N)cc1. The van der Waals surface area contributed by atoms with E-state index >= 15 is 0 Å². The Morgan fingerprint density at radius 1 is 0.971 bits per heavy atom. The van der Waals surface area contributed by atoms with Crippen LogP contribution in [-0.4, -0.2) is 18.8 Å². The zero-order chi connectivity index (χ0) is 24.8. The molecule has 0 spiro atoms. The highest BCUT2D eigenvalue weighted by Gasteiger charge is 2.28. The monoisotopic (exact) mass is 505 g/mol. The molecule has 5 N–H and O–H groups in total. The van der Waals surface area contributed by atoms with Crippen LogP contribution >= 0.6 is 18.7 Å². The fraction of sp³-hybridized carbons (Fsp3) is 0.0769. The van der Waals surface area contributed by atoms with Crippen LogP contribution in [-0.2, 0) is 20.0 Å². The average Bonchev–Trinajstić information content (AvgIpc) is 3.40. The van der Waals surface area contributed by atoms with E-state index in [1.807, 2.05) is 29.6 Å². The lowest BCUT2D eigenvalue weighted by Gasteiger charge is -2.19. The molecule has 1 amide bonds. The number of carbonyl (C=O) groups excluding carboxylic acids is 2. The molecule has 4 aromatic rings. The highest BCUT2D eigenvalue weighted by Crippen LogP contribution is 2.50. The van der Waals surface area contributed by atoms with Crippen molar-refractivity contribution in [2.45, 2.75) is 6.16 Å². The summed E-state index contributed by atoms with van der Waals surface area (Å²) in [4.78, 5) is 24.8. The van der Waals surface area contributed by atoms with Crippen molar-refractivity contribution in [1.82, 2.24) is 0 Å². The second-order valence-corrected chi connectivity index (χ2v) is 11.1. The summed E-state index contributed by atoms with van der Waals surface area (Å²) in [6.07, 6.45) is 0.588. The van der Waals surface area contributed by atoms with Gasteiger partial charge in [-0.3, -0.25) is 9.36 Å². The first-order chi connectivity index (χ1) is 16.9. The summed E-state index contributed by atoms with van der Waals surface area (Å²) in [5.74, 6) is -0.320. The van der Waals surface area contributed by atoms with Gasteiger partial charge in [0.25, 0.3) is 5.91 Å². The molecule has 1 aromatic heterocycles. The van der Waals surface area contributed by atoms with Gasteiger partial charge in [0.1, 0.15) is 12.9 Å². The number of para-hydroxylation sites is 1. The summed E-state index contributed by atoms with van der Waals surface area (Å²) in [5, 5.41) is 5.22. The Labute approximate surface area is 207 Å². The lowest BCUT2D eigenvalue weighted by molar-refractivity contribution is -0.109. The van der Waals surface area contributed by atoms with E-state index in [0.717, 1.165) is 10.4 Å². The summed E-state index contributed by atoms with van der Waals surface area (Å²) in [5.41, 5.74) is 15.5. The van der Waals surface area contributed by atoms with E-state index in [1.165, 1.54) is 0 Å². The molecule has 7 nitrogen and oxygen atoms in total. The molecule has 0 aliphatic carbocycles. The van der Waals surface area contributed by atoms with Crippen molar-refractivity contribution >= 4 is 53.3 Å². The van der Waals surface area contributed by atoms with Gasteiger partial charge in [0, 0.05) is 16.1 Å². The molecule has 1 heterocycles. The van der Waals surface area contributed by atoms with Crippen molar-refractivity contribution < 1.29 is 18.7 Å². The maximum Gasteiger partial charge on any atom is 0.255 e. The highest BCUT2D eigenvalue weighted by molar-refractivity contribution is 7.66. The predicted octanol–water partition coefficient (Wildman–Crippen LogP) is 5.15. The van der Waals surface area contributed by atoms with Crippen molar-refractivity contribution in [3.8, 4) is 10.4 Å². The average molecular weight is 506 g/mol. The van der Waals surface area contributed by atoms with E-state index in [0.29, 0.717) is 39.8 Å². The number of anilines is 3. The summed E-state index contributed by atoms with van der Waals surface area (Å²) in [6, 6.07) is 22.9. The van der Waals surface area contributed by atoms with Crippen LogP contribution in [0.3, 0.4) is 0 Å². The molecular weight excluding hydrogens is 481 g/mol. The van der Waals surface area contributed by atoms with Crippen LogP contribution in [0, 0.1) is 0 Å². The Bertz CT molecular complexity index is 1390. The number of nitrogen functional groups attached to an aromatic ring is 2. The fourth-order valence-electron chi connectivity index (χ4n) is 3.61. The highest BCUT2D eigenvalue weighted by atomic mass is 32.1.